The predicted molar refractivity (Wildman–Crippen MR) is 117 cm³/mol. The lowest BCUT2D eigenvalue weighted by atomic mass is 9.89. The number of rotatable bonds is 21. The Bertz CT molecular complexity index is 220. The zero-order valence-corrected chi connectivity index (χ0v) is 18.4. The molecule has 0 bridgehead atoms. The van der Waals surface area contributed by atoms with Crippen LogP contribution in [-0.4, -0.2) is 0 Å². The van der Waals surface area contributed by atoms with E-state index in [-0.39, 0.29) is 0 Å². The molecule has 25 heavy (non-hydrogen) atoms. The fourth-order valence-corrected chi connectivity index (χ4v) is 4.07. The molecular weight excluding hydrogens is 300 g/mol. The fraction of sp³-hybridized carbons (Fsp3) is 1.00. The van der Waals surface area contributed by atoms with Gasteiger partial charge in [0.1, 0.15) is 0 Å². The van der Waals surface area contributed by atoms with Crippen LogP contribution in [0.1, 0.15) is 156 Å². The van der Waals surface area contributed by atoms with E-state index in [1.165, 1.54) is 135 Å². The lowest BCUT2D eigenvalue weighted by Crippen LogP contribution is -2.01. The van der Waals surface area contributed by atoms with Gasteiger partial charge in [-0.25, -0.2) is 0 Å². The van der Waals surface area contributed by atoms with Gasteiger partial charge < -0.3 is 0 Å². The van der Waals surface area contributed by atoms with E-state index in [1.807, 2.05) is 0 Å². The molecule has 0 heteroatoms. The summed E-state index contributed by atoms with van der Waals surface area (Å²) in [7, 11) is 0. The first-order chi connectivity index (χ1) is 12.3. The number of hydrogen-bond acceptors (Lipinski definition) is 0. The van der Waals surface area contributed by atoms with Crippen molar-refractivity contribution in [3.05, 3.63) is 0 Å². The molecule has 0 rings (SSSR count). The highest BCUT2D eigenvalue weighted by atomic mass is 14.1. The van der Waals surface area contributed by atoms with Gasteiger partial charge in [0.05, 0.1) is 0 Å². The number of hydrogen-bond donors (Lipinski definition) is 0. The first-order valence-corrected chi connectivity index (χ1v) is 12.3. The normalized spacial score (nSPS) is 12.6. The average Bonchev–Trinajstić information content (AvgIpc) is 2.62. The Kier molecular flexibility index (Phi) is 22.0. The smallest absolute Gasteiger partial charge is 0.0414 e. The van der Waals surface area contributed by atoms with Gasteiger partial charge in [-0.15, -0.1) is 0 Å². The van der Waals surface area contributed by atoms with Gasteiger partial charge in [0.15, 0.2) is 0 Å². The maximum atomic E-state index is 2.34. The van der Waals surface area contributed by atoms with Crippen molar-refractivity contribution in [2.75, 3.05) is 0 Å². The summed E-state index contributed by atoms with van der Waals surface area (Å²) in [6.07, 6.45) is 30.8. The van der Waals surface area contributed by atoms with Gasteiger partial charge in [0.25, 0.3) is 0 Å². The van der Waals surface area contributed by atoms with Crippen LogP contribution >= 0.6 is 0 Å². The monoisotopic (exact) mass is 352 g/mol. The van der Waals surface area contributed by atoms with E-state index in [1.54, 1.807) is 0 Å². The molecule has 0 nitrogen and oxygen atoms in total. The van der Waals surface area contributed by atoms with E-state index >= 15 is 0 Å². The molecule has 1 unspecified atom stereocenters. The summed E-state index contributed by atoms with van der Waals surface area (Å²) < 4.78 is 0. The van der Waals surface area contributed by atoms with Gasteiger partial charge >= 0.3 is 0 Å². The van der Waals surface area contributed by atoms with Gasteiger partial charge in [-0.1, -0.05) is 156 Å². The van der Waals surface area contributed by atoms with Crippen molar-refractivity contribution in [3.63, 3.8) is 0 Å². The molecule has 0 heterocycles. The minimum atomic E-state index is 1.04. The highest BCUT2D eigenvalue weighted by molar-refractivity contribution is 4.62. The molecule has 0 aromatic rings. The molecule has 0 spiro atoms. The Labute approximate surface area is 161 Å². The van der Waals surface area contributed by atoms with Crippen LogP contribution in [0.5, 0.6) is 0 Å². The summed E-state index contributed by atoms with van der Waals surface area (Å²) in [4.78, 5) is 0. The van der Waals surface area contributed by atoms with Crippen molar-refractivity contribution in [3.8, 4) is 0 Å². The molecule has 152 valence electrons. The Hall–Kier alpha value is 0. The third-order valence-corrected chi connectivity index (χ3v) is 5.90. The van der Waals surface area contributed by atoms with Crippen molar-refractivity contribution >= 4 is 0 Å². The third-order valence-electron chi connectivity index (χ3n) is 5.90. The second-order valence-electron chi connectivity index (χ2n) is 8.54. The van der Waals surface area contributed by atoms with E-state index in [2.05, 4.69) is 20.8 Å². The lowest BCUT2D eigenvalue weighted by Gasteiger charge is -2.17. The van der Waals surface area contributed by atoms with Crippen LogP contribution in [0, 0.1) is 5.92 Å². The van der Waals surface area contributed by atoms with Crippen LogP contribution in [0.15, 0.2) is 0 Å². The SMILES string of the molecule is CCCCCCCCCCC(CCCCC)CCCCCCCCC. The van der Waals surface area contributed by atoms with E-state index < -0.39 is 0 Å². The maximum absolute atomic E-state index is 2.34. The number of unbranched alkanes of at least 4 members (excludes halogenated alkanes) is 15. The topological polar surface area (TPSA) is 0 Å². The molecular formula is C25H52. The second-order valence-corrected chi connectivity index (χ2v) is 8.54. The Morgan fingerprint density at radius 1 is 0.320 bits per heavy atom. The zero-order chi connectivity index (χ0) is 18.4. The van der Waals surface area contributed by atoms with E-state index in [4.69, 9.17) is 0 Å². The minimum absolute atomic E-state index is 1.04. The van der Waals surface area contributed by atoms with E-state index in [9.17, 15) is 0 Å². The molecule has 0 aliphatic rings. The summed E-state index contributed by atoms with van der Waals surface area (Å²) in [6, 6.07) is 0. The highest BCUT2D eigenvalue weighted by Crippen LogP contribution is 2.24. The Morgan fingerprint density at radius 3 is 0.920 bits per heavy atom. The molecule has 0 aliphatic heterocycles. The van der Waals surface area contributed by atoms with Crippen LogP contribution in [0.25, 0.3) is 0 Å². The van der Waals surface area contributed by atoms with Gasteiger partial charge in [0.2, 0.25) is 0 Å². The Morgan fingerprint density at radius 2 is 0.560 bits per heavy atom. The highest BCUT2D eigenvalue weighted by Gasteiger charge is 2.08. The van der Waals surface area contributed by atoms with Crippen molar-refractivity contribution in [2.24, 2.45) is 5.92 Å². The molecule has 0 N–H and O–H groups in total. The lowest BCUT2D eigenvalue weighted by molar-refractivity contribution is 0.367. The molecule has 0 aromatic carbocycles. The van der Waals surface area contributed by atoms with Gasteiger partial charge in [-0.2, -0.15) is 0 Å². The van der Waals surface area contributed by atoms with Gasteiger partial charge in [-0.3, -0.25) is 0 Å². The standard InChI is InChI=1S/C25H52/c1-4-7-10-12-14-16-18-21-24-25(22-19-9-6-3)23-20-17-15-13-11-8-5-2/h25H,4-24H2,1-3H3. The molecule has 0 fully saturated rings. The molecule has 0 aromatic heterocycles. The third kappa shape index (κ3) is 20.2. The van der Waals surface area contributed by atoms with Gasteiger partial charge in [-0.05, 0) is 5.92 Å². The first-order valence-electron chi connectivity index (χ1n) is 12.3. The summed E-state index contributed by atoms with van der Waals surface area (Å²) in [5, 5.41) is 0. The zero-order valence-electron chi connectivity index (χ0n) is 18.4. The molecule has 1 atom stereocenters. The first kappa shape index (κ1) is 25.0. The van der Waals surface area contributed by atoms with Gasteiger partial charge in [0, 0.05) is 0 Å². The summed E-state index contributed by atoms with van der Waals surface area (Å²) >= 11 is 0. The average molecular weight is 353 g/mol. The summed E-state index contributed by atoms with van der Waals surface area (Å²) in [6.45, 7) is 6.96. The van der Waals surface area contributed by atoms with Crippen molar-refractivity contribution < 1.29 is 0 Å². The second kappa shape index (κ2) is 22.0. The van der Waals surface area contributed by atoms with Crippen LogP contribution < -0.4 is 0 Å². The largest absolute Gasteiger partial charge is 0.0654 e. The quantitative estimate of drug-likeness (QED) is 0.180. The van der Waals surface area contributed by atoms with Crippen LogP contribution in [0.2, 0.25) is 0 Å². The predicted octanol–water partition coefficient (Wildman–Crippen LogP) is 9.85. The van der Waals surface area contributed by atoms with Crippen molar-refractivity contribution in [1.29, 1.82) is 0 Å². The molecule has 0 radical (unpaired) electrons. The molecule has 0 aliphatic carbocycles. The summed E-state index contributed by atoms with van der Waals surface area (Å²) in [5.74, 6) is 1.04. The fourth-order valence-electron chi connectivity index (χ4n) is 4.07. The van der Waals surface area contributed by atoms with Crippen LogP contribution in [0.3, 0.4) is 0 Å². The molecule has 0 amide bonds. The van der Waals surface area contributed by atoms with E-state index in [0.717, 1.165) is 5.92 Å². The summed E-state index contributed by atoms with van der Waals surface area (Å²) in [5.41, 5.74) is 0. The van der Waals surface area contributed by atoms with Crippen molar-refractivity contribution in [2.45, 2.75) is 156 Å². The maximum Gasteiger partial charge on any atom is -0.0414 e. The molecule has 0 saturated carbocycles. The minimum Gasteiger partial charge on any atom is -0.0654 e. The molecule has 0 saturated heterocycles. The Balaban J connectivity index is 3.64. The van der Waals surface area contributed by atoms with Crippen LogP contribution in [0.4, 0.5) is 0 Å². The van der Waals surface area contributed by atoms with E-state index in [0.29, 0.717) is 0 Å². The van der Waals surface area contributed by atoms with Crippen molar-refractivity contribution in [1.82, 2.24) is 0 Å². The van der Waals surface area contributed by atoms with Crippen LogP contribution in [-0.2, 0) is 0 Å².